The monoisotopic (exact) mass is 433 g/mol. The minimum Gasteiger partial charge on any atom is -0.492 e. The number of ether oxygens (including phenoxy) is 1. The zero-order chi connectivity index (χ0) is 19.5. The van der Waals surface area contributed by atoms with Gasteiger partial charge >= 0.3 is 6.03 Å². The SMILES string of the molecule is CN(Cc1ccccc1)C(=O)CCNC(=O)NCCOc1ccc(Br)cc1. The predicted molar refractivity (Wildman–Crippen MR) is 109 cm³/mol. The topological polar surface area (TPSA) is 70.7 Å². The molecule has 7 heteroatoms. The average molecular weight is 434 g/mol. The molecule has 2 N–H and O–H groups in total. The molecule has 0 saturated heterocycles. The summed E-state index contributed by atoms with van der Waals surface area (Å²) in [6.45, 7) is 1.59. The second-order valence-electron chi connectivity index (χ2n) is 5.97. The third-order valence-corrected chi connectivity index (χ3v) is 4.31. The zero-order valence-electron chi connectivity index (χ0n) is 15.3. The van der Waals surface area contributed by atoms with Crippen LogP contribution in [0.3, 0.4) is 0 Å². The molecule has 2 rings (SSSR count). The van der Waals surface area contributed by atoms with Gasteiger partial charge in [-0.3, -0.25) is 4.79 Å². The Hall–Kier alpha value is -2.54. The van der Waals surface area contributed by atoms with Gasteiger partial charge in [-0.05, 0) is 29.8 Å². The number of rotatable bonds is 9. The van der Waals surface area contributed by atoms with Crippen molar-refractivity contribution in [2.24, 2.45) is 0 Å². The molecule has 0 aliphatic rings. The molecule has 2 aromatic rings. The molecule has 3 amide bonds. The molecule has 0 radical (unpaired) electrons. The van der Waals surface area contributed by atoms with E-state index in [0.29, 0.717) is 19.7 Å². The van der Waals surface area contributed by atoms with Crippen molar-refractivity contribution in [2.45, 2.75) is 13.0 Å². The van der Waals surface area contributed by atoms with Gasteiger partial charge in [-0.25, -0.2) is 4.79 Å². The van der Waals surface area contributed by atoms with Gasteiger partial charge in [0.2, 0.25) is 5.91 Å². The summed E-state index contributed by atoms with van der Waals surface area (Å²) < 4.78 is 6.50. The second kappa shape index (κ2) is 11.2. The van der Waals surface area contributed by atoms with Gasteiger partial charge in [0.1, 0.15) is 12.4 Å². The fourth-order valence-corrected chi connectivity index (χ4v) is 2.61. The van der Waals surface area contributed by atoms with Gasteiger partial charge in [0, 0.05) is 31.0 Å². The van der Waals surface area contributed by atoms with Crippen LogP contribution in [0.5, 0.6) is 5.75 Å². The summed E-state index contributed by atoms with van der Waals surface area (Å²) in [4.78, 5) is 25.5. The van der Waals surface area contributed by atoms with E-state index in [1.54, 1.807) is 11.9 Å². The quantitative estimate of drug-likeness (QED) is 0.596. The van der Waals surface area contributed by atoms with Crippen molar-refractivity contribution in [3.8, 4) is 5.75 Å². The number of urea groups is 1. The van der Waals surface area contributed by atoms with E-state index < -0.39 is 0 Å². The number of hydrogen-bond acceptors (Lipinski definition) is 3. The van der Waals surface area contributed by atoms with Crippen molar-refractivity contribution in [1.82, 2.24) is 15.5 Å². The molecular weight excluding hydrogens is 410 g/mol. The fourth-order valence-electron chi connectivity index (χ4n) is 2.35. The lowest BCUT2D eigenvalue weighted by molar-refractivity contribution is -0.130. The summed E-state index contributed by atoms with van der Waals surface area (Å²) in [7, 11) is 1.76. The number of halogens is 1. The smallest absolute Gasteiger partial charge is 0.314 e. The molecule has 0 heterocycles. The van der Waals surface area contributed by atoms with E-state index in [1.807, 2.05) is 54.6 Å². The Morgan fingerprint density at radius 3 is 2.37 bits per heavy atom. The van der Waals surface area contributed by atoms with Crippen LogP contribution < -0.4 is 15.4 Å². The van der Waals surface area contributed by atoms with Crippen molar-refractivity contribution in [3.63, 3.8) is 0 Å². The number of hydrogen-bond donors (Lipinski definition) is 2. The molecule has 0 spiro atoms. The molecule has 6 nitrogen and oxygen atoms in total. The van der Waals surface area contributed by atoms with E-state index in [2.05, 4.69) is 26.6 Å². The maximum Gasteiger partial charge on any atom is 0.314 e. The number of carbonyl (C=O) groups is 2. The second-order valence-corrected chi connectivity index (χ2v) is 6.89. The summed E-state index contributed by atoms with van der Waals surface area (Å²) >= 11 is 3.36. The van der Waals surface area contributed by atoms with Crippen LogP contribution in [0.1, 0.15) is 12.0 Å². The average Bonchev–Trinajstić information content (AvgIpc) is 2.67. The molecular formula is C20H24BrN3O3. The summed E-state index contributed by atoms with van der Waals surface area (Å²) in [6, 6.07) is 17.0. The van der Waals surface area contributed by atoms with Crippen molar-refractivity contribution in [2.75, 3.05) is 26.7 Å². The first kappa shape index (κ1) is 20.8. The first-order valence-electron chi connectivity index (χ1n) is 8.72. The molecule has 0 aliphatic heterocycles. The van der Waals surface area contributed by atoms with Crippen molar-refractivity contribution in [1.29, 1.82) is 0 Å². The normalized spacial score (nSPS) is 10.1. The number of amides is 3. The number of nitrogens with zero attached hydrogens (tertiary/aromatic N) is 1. The van der Waals surface area contributed by atoms with Crippen LogP contribution in [-0.2, 0) is 11.3 Å². The maximum absolute atomic E-state index is 12.1. The van der Waals surface area contributed by atoms with E-state index in [0.717, 1.165) is 15.8 Å². The predicted octanol–water partition coefficient (Wildman–Crippen LogP) is 3.18. The number of carbonyl (C=O) groups excluding carboxylic acids is 2. The van der Waals surface area contributed by atoms with Crippen LogP contribution in [0.4, 0.5) is 4.79 Å². The first-order valence-corrected chi connectivity index (χ1v) is 9.52. The van der Waals surface area contributed by atoms with E-state index in [9.17, 15) is 9.59 Å². The van der Waals surface area contributed by atoms with Gasteiger partial charge < -0.3 is 20.3 Å². The summed E-state index contributed by atoms with van der Waals surface area (Å²) in [6.07, 6.45) is 0.256. The van der Waals surface area contributed by atoms with Crippen LogP contribution in [0.2, 0.25) is 0 Å². The highest BCUT2D eigenvalue weighted by molar-refractivity contribution is 9.10. The lowest BCUT2D eigenvalue weighted by atomic mass is 10.2. The maximum atomic E-state index is 12.1. The van der Waals surface area contributed by atoms with Gasteiger partial charge in [0.15, 0.2) is 0 Å². The Morgan fingerprint density at radius 2 is 1.67 bits per heavy atom. The van der Waals surface area contributed by atoms with Gasteiger partial charge in [0.25, 0.3) is 0 Å². The molecule has 0 fully saturated rings. The summed E-state index contributed by atoms with van der Waals surface area (Å²) in [5.74, 6) is 0.727. The highest BCUT2D eigenvalue weighted by Gasteiger charge is 2.09. The van der Waals surface area contributed by atoms with Crippen LogP contribution in [0, 0.1) is 0 Å². The molecule has 27 heavy (non-hydrogen) atoms. The highest BCUT2D eigenvalue weighted by Crippen LogP contribution is 2.15. The standard InChI is InChI=1S/C20H24BrN3O3/c1-24(15-16-5-3-2-4-6-16)19(25)11-12-22-20(26)23-13-14-27-18-9-7-17(21)8-10-18/h2-10H,11-15H2,1H3,(H2,22,23,26). The van der Waals surface area contributed by atoms with E-state index in [4.69, 9.17) is 4.74 Å². The van der Waals surface area contributed by atoms with Gasteiger partial charge in [-0.2, -0.15) is 0 Å². The van der Waals surface area contributed by atoms with E-state index in [-0.39, 0.29) is 24.9 Å². The largest absolute Gasteiger partial charge is 0.492 e. The lowest BCUT2D eigenvalue weighted by Gasteiger charge is -2.17. The Morgan fingerprint density at radius 1 is 1.00 bits per heavy atom. The summed E-state index contributed by atoms with van der Waals surface area (Å²) in [5, 5.41) is 5.38. The molecule has 0 unspecified atom stereocenters. The highest BCUT2D eigenvalue weighted by atomic mass is 79.9. The van der Waals surface area contributed by atoms with Gasteiger partial charge in [-0.1, -0.05) is 46.3 Å². The summed E-state index contributed by atoms with van der Waals surface area (Å²) in [5.41, 5.74) is 1.07. The minimum atomic E-state index is -0.312. The fraction of sp³-hybridized carbons (Fsp3) is 0.300. The third kappa shape index (κ3) is 8.13. The van der Waals surface area contributed by atoms with Crippen molar-refractivity contribution < 1.29 is 14.3 Å². The van der Waals surface area contributed by atoms with Crippen molar-refractivity contribution >= 4 is 27.9 Å². The molecule has 0 aromatic heterocycles. The number of benzene rings is 2. The third-order valence-electron chi connectivity index (χ3n) is 3.78. The van der Waals surface area contributed by atoms with Crippen LogP contribution in [-0.4, -0.2) is 43.6 Å². The lowest BCUT2D eigenvalue weighted by Crippen LogP contribution is -2.39. The molecule has 2 aromatic carbocycles. The first-order chi connectivity index (χ1) is 13.0. The van der Waals surface area contributed by atoms with E-state index in [1.165, 1.54) is 0 Å². The van der Waals surface area contributed by atoms with E-state index >= 15 is 0 Å². The van der Waals surface area contributed by atoms with Crippen molar-refractivity contribution in [3.05, 3.63) is 64.6 Å². The Bertz CT molecular complexity index is 723. The molecule has 0 bridgehead atoms. The van der Waals surface area contributed by atoms with Gasteiger partial charge in [0.05, 0.1) is 6.54 Å². The van der Waals surface area contributed by atoms with Crippen LogP contribution in [0.15, 0.2) is 59.1 Å². The minimum absolute atomic E-state index is 0.0160. The van der Waals surface area contributed by atoms with Crippen LogP contribution in [0.25, 0.3) is 0 Å². The number of nitrogens with one attached hydrogen (secondary N) is 2. The Kier molecular flexibility index (Phi) is 8.64. The molecule has 0 saturated carbocycles. The Balaban J connectivity index is 1.55. The molecule has 144 valence electrons. The zero-order valence-corrected chi connectivity index (χ0v) is 16.9. The van der Waals surface area contributed by atoms with Gasteiger partial charge in [-0.15, -0.1) is 0 Å². The molecule has 0 aliphatic carbocycles. The Labute approximate surface area is 168 Å². The molecule has 0 atom stereocenters. The van der Waals surface area contributed by atoms with Crippen LogP contribution >= 0.6 is 15.9 Å².